The van der Waals surface area contributed by atoms with Crippen LogP contribution < -0.4 is 5.73 Å². The number of aliphatic hydroxyl groups is 1. The van der Waals surface area contributed by atoms with Crippen molar-refractivity contribution in [3.8, 4) is 0 Å². The minimum Gasteiger partial charge on any atom is -0.395 e. The molecule has 4 nitrogen and oxygen atoms in total. The molecule has 0 rings (SSSR count). The highest BCUT2D eigenvalue weighted by Gasteiger charge is 2.22. The number of nitrogens with two attached hydrogens (primary N) is 1. The quantitative estimate of drug-likeness (QED) is 0.414. The Hall–Kier alpha value is -0.610. The average Bonchev–Trinajstić information content (AvgIpc) is 2.22. The third-order valence-electron chi connectivity index (χ3n) is 3.03. The summed E-state index contributed by atoms with van der Waals surface area (Å²) in [5, 5.41) is 16.5. The molecule has 96 valence electrons. The first-order chi connectivity index (χ1) is 7.44. The predicted molar refractivity (Wildman–Crippen MR) is 68.7 cm³/mol. The molecule has 0 amide bonds. The highest BCUT2D eigenvalue weighted by atomic mass is 16.3. The molecular weight excluding hydrogens is 202 g/mol. The second-order valence-corrected chi connectivity index (χ2v) is 4.97. The summed E-state index contributed by atoms with van der Waals surface area (Å²) in [6.07, 6.45) is 3.19. The van der Waals surface area contributed by atoms with Gasteiger partial charge in [-0.3, -0.25) is 5.41 Å². The van der Waals surface area contributed by atoms with Gasteiger partial charge in [0.05, 0.1) is 12.4 Å². The van der Waals surface area contributed by atoms with Gasteiger partial charge in [-0.05, 0) is 25.9 Å². The van der Waals surface area contributed by atoms with E-state index in [9.17, 15) is 0 Å². The second-order valence-electron chi connectivity index (χ2n) is 4.97. The van der Waals surface area contributed by atoms with Crippen LogP contribution in [0, 0.1) is 10.8 Å². The van der Waals surface area contributed by atoms with Crippen LogP contribution in [0.15, 0.2) is 0 Å². The molecule has 0 spiro atoms. The van der Waals surface area contributed by atoms with Crippen molar-refractivity contribution in [2.75, 3.05) is 26.2 Å². The molecule has 4 N–H and O–H groups in total. The number of hydrogen-bond donors (Lipinski definition) is 3. The van der Waals surface area contributed by atoms with Crippen LogP contribution in [-0.4, -0.2) is 42.1 Å². The van der Waals surface area contributed by atoms with E-state index < -0.39 is 0 Å². The van der Waals surface area contributed by atoms with E-state index in [1.807, 2.05) is 13.8 Å². The van der Waals surface area contributed by atoms with E-state index in [0.717, 1.165) is 32.4 Å². The molecular formula is C12H27N3O. The highest BCUT2D eigenvalue weighted by Crippen LogP contribution is 2.20. The maximum Gasteiger partial charge on any atom is 0.0963 e. The Labute approximate surface area is 99.3 Å². The van der Waals surface area contributed by atoms with E-state index in [4.69, 9.17) is 16.2 Å². The molecule has 0 fully saturated rings. The van der Waals surface area contributed by atoms with Crippen molar-refractivity contribution >= 4 is 5.84 Å². The van der Waals surface area contributed by atoms with Gasteiger partial charge in [-0.25, -0.2) is 0 Å². The van der Waals surface area contributed by atoms with Gasteiger partial charge in [-0.15, -0.1) is 0 Å². The first-order valence-corrected chi connectivity index (χ1v) is 6.11. The summed E-state index contributed by atoms with van der Waals surface area (Å²) >= 11 is 0. The summed E-state index contributed by atoms with van der Waals surface area (Å²) in [4.78, 5) is 2.24. The van der Waals surface area contributed by atoms with Crippen LogP contribution in [0.25, 0.3) is 0 Å². The molecule has 0 aliphatic carbocycles. The molecule has 0 saturated carbocycles. The number of rotatable bonds is 9. The Bertz CT molecular complexity index is 204. The van der Waals surface area contributed by atoms with E-state index in [1.54, 1.807) is 0 Å². The Kier molecular flexibility index (Phi) is 7.34. The SMILES string of the molecule is CCCCN(CCO)CCC(C)(C)C(=N)N. The van der Waals surface area contributed by atoms with E-state index in [2.05, 4.69) is 11.8 Å². The molecule has 0 aromatic rings. The van der Waals surface area contributed by atoms with Gasteiger partial charge in [0.2, 0.25) is 0 Å². The van der Waals surface area contributed by atoms with Gasteiger partial charge in [0.25, 0.3) is 0 Å². The summed E-state index contributed by atoms with van der Waals surface area (Å²) in [6, 6.07) is 0. The fourth-order valence-corrected chi connectivity index (χ4v) is 1.43. The van der Waals surface area contributed by atoms with Gasteiger partial charge in [-0.1, -0.05) is 27.2 Å². The van der Waals surface area contributed by atoms with E-state index in [0.29, 0.717) is 6.54 Å². The zero-order valence-corrected chi connectivity index (χ0v) is 10.9. The topological polar surface area (TPSA) is 73.3 Å². The minimum absolute atomic E-state index is 0.199. The number of nitrogens with zero attached hydrogens (tertiary/aromatic N) is 1. The number of hydrogen-bond acceptors (Lipinski definition) is 3. The molecule has 0 bridgehead atoms. The first kappa shape index (κ1) is 15.4. The number of nitrogens with one attached hydrogen (secondary N) is 1. The fourth-order valence-electron chi connectivity index (χ4n) is 1.43. The zero-order chi connectivity index (χ0) is 12.6. The number of unbranched alkanes of at least 4 members (excludes halogenated alkanes) is 1. The van der Waals surface area contributed by atoms with Crippen LogP contribution in [0.1, 0.15) is 40.0 Å². The van der Waals surface area contributed by atoms with Crippen molar-refractivity contribution in [3.05, 3.63) is 0 Å². The summed E-state index contributed by atoms with van der Waals surface area (Å²) in [6.45, 7) is 8.98. The van der Waals surface area contributed by atoms with Gasteiger partial charge in [0.1, 0.15) is 0 Å². The number of aliphatic hydroxyl groups excluding tert-OH is 1. The third kappa shape index (κ3) is 6.08. The molecule has 0 aliphatic heterocycles. The normalized spacial score (nSPS) is 12.1. The molecule has 0 aromatic heterocycles. The fraction of sp³-hybridized carbons (Fsp3) is 0.917. The van der Waals surface area contributed by atoms with E-state index >= 15 is 0 Å². The van der Waals surface area contributed by atoms with Crippen LogP contribution in [0.2, 0.25) is 0 Å². The molecule has 0 aliphatic rings. The van der Waals surface area contributed by atoms with E-state index in [1.165, 1.54) is 0 Å². The van der Waals surface area contributed by atoms with Gasteiger partial charge < -0.3 is 15.7 Å². The molecule has 0 radical (unpaired) electrons. The lowest BCUT2D eigenvalue weighted by Gasteiger charge is -2.28. The smallest absolute Gasteiger partial charge is 0.0963 e. The van der Waals surface area contributed by atoms with Crippen LogP contribution in [0.3, 0.4) is 0 Å². The average molecular weight is 229 g/mol. The largest absolute Gasteiger partial charge is 0.395 e. The lowest BCUT2D eigenvalue weighted by molar-refractivity contribution is 0.182. The second kappa shape index (κ2) is 7.63. The summed E-state index contributed by atoms with van der Waals surface area (Å²) < 4.78 is 0. The highest BCUT2D eigenvalue weighted by molar-refractivity contribution is 5.82. The maximum absolute atomic E-state index is 8.97. The molecule has 0 saturated heterocycles. The van der Waals surface area contributed by atoms with Crippen molar-refractivity contribution in [1.82, 2.24) is 4.90 Å². The van der Waals surface area contributed by atoms with Crippen molar-refractivity contribution < 1.29 is 5.11 Å². The van der Waals surface area contributed by atoms with Crippen molar-refractivity contribution in [1.29, 1.82) is 5.41 Å². The summed E-state index contributed by atoms with van der Waals surface area (Å²) in [5.41, 5.74) is 5.31. The predicted octanol–water partition coefficient (Wildman–Crippen LogP) is 1.43. The summed E-state index contributed by atoms with van der Waals surface area (Å²) in [7, 11) is 0. The lowest BCUT2D eigenvalue weighted by atomic mass is 9.88. The first-order valence-electron chi connectivity index (χ1n) is 6.11. The molecule has 4 heteroatoms. The van der Waals surface area contributed by atoms with Crippen molar-refractivity contribution in [2.24, 2.45) is 11.1 Å². The van der Waals surface area contributed by atoms with Crippen LogP contribution in [0.5, 0.6) is 0 Å². The molecule has 0 unspecified atom stereocenters. The molecule has 0 atom stereocenters. The van der Waals surface area contributed by atoms with Gasteiger partial charge in [0, 0.05) is 12.0 Å². The van der Waals surface area contributed by atoms with Crippen LogP contribution in [-0.2, 0) is 0 Å². The van der Waals surface area contributed by atoms with Gasteiger partial charge in [0.15, 0.2) is 0 Å². The minimum atomic E-state index is -0.236. The molecule has 0 aromatic carbocycles. The maximum atomic E-state index is 8.97. The zero-order valence-electron chi connectivity index (χ0n) is 10.9. The van der Waals surface area contributed by atoms with Crippen LogP contribution in [0.4, 0.5) is 0 Å². The third-order valence-corrected chi connectivity index (χ3v) is 3.03. The van der Waals surface area contributed by atoms with Crippen LogP contribution >= 0.6 is 0 Å². The Morgan fingerprint density at radius 1 is 1.31 bits per heavy atom. The summed E-state index contributed by atoms with van der Waals surface area (Å²) in [5.74, 6) is 0.243. The van der Waals surface area contributed by atoms with E-state index in [-0.39, 0.29) is 17.9 Å². The Morgan fingerprint density at radius 2 is 1.94 bits per heavy atom. The van der Waals surface area contributed by atoms with Crippen molar-refractivity contribution in [3.63, 3.8) is 0 Å². The standard InChI is InChI=1S/C12H27N3O/c1-4-5-7-15(9-10-16)8-6-12(2,3)11(13)14/h16H,4-10H2,1-3H3,(H3,13,14). The van der Waals surface area contributed by atoms with Crippen molar-refractivity contribution in [2.45, 2.75) is 40.0 Å². The molecule has 0 heterocycles. The number of amidine groups is 1. The van der Waals surface area contributed by atoms with Gasteiger partial charge >= 0.3 is 0 Å². The Balaban J connectivity index is 4.04. The lowest BCUT2D eigenvalue weighted by Crippen LogP contribution is -2.37. The monoisotopic (exact) mass is 229 g/mol. The molecule has 16 heavy (non-hydrogen) atoms. The Morgan fingerprint density at radius 3 is 2.38 bits per heavy atom. The van der Waals surface area contributed by atoms with Gasteiger partial charge in [-0.2, -0.15) is 0 Å².